The lowest BCUT2D eigenvalue weighted by Gasteiger charge is -2.46. The highest BCUT2D eigenvalue weighted by molar-refractivity contribution is 7.09. The fourth-order valence-electron chi connectivity index (χ4n) is 3.90. The van der Waals surface area contributed by atoms with Crippen LogP contribution in [0.4, 0.5) is 0 Å². The van der Waals surface area contributed by atoms with Gasteiger partial charge in [0.1, 0.15) is 0 Å². The maximum Gasteiger partial charge on any atom is 0.192 e. The van der Waals surface area contributed by atoms with Gasteiger partial charge < -0.3 is 10.6 Å². The van der Waals surface area contributed by atoms with E-state index in [0.29, 0.717) is 5.41 Å². The number of nitrogens with two attached hydrogens (primary N) is 1. The van der Waals surface area contributed by atoms with Gasteiger partial charge in [-0.3, -0.25) is 4.99 Å². The zero-order chi connectivity index (χ0) is 15.1. The van der Waals surface area contributed by atoms with Gasteiger partial charge in [0.15, 0.2) is 5.96 Å². The fourth-order valence-corrected chi connectivity index (χ4v) is 4.59. The van der Waals surface area contributed by atoms with Crippen LogP contribution in [0, 0.1) is 11.3 Å². The lowest BCUT2D eigenvalue weighted by atomic mass is 9.67. The number of guanidine groups is 1. The first kappa shape index (κ1) is 14.9. The van der Waals surface area contributed by atoms with E-state index in [1.807, 2.05) is 11.3 Å². The second-order valence-corrected chi connectivity index (χ2v) is 8.74. The van der Waals surface area contributed by atoms with E-state index in [1.54, 1.807) is 0 Å². The average molecular weight is 305 g/mol. The number of thiophene rings is 1. The lowest BCUT2D eigenvalue weighted by molar-refractivity contribution is 0.0712. The predicted molar refractivity (Wildman–Crippen MR) is 90.5 cm³/mol. The van der Waals surface area contributed by atoms with Crippen LogP contribution in [0.2, 0.25) is 0 Å². The molecule has 116 valence electrons. The highest BCUT2D eigenvalue weighted by atomic mass is 32.1. The summed E-state index contributed by atoms with van der Waals surface area (Å²) in [5.74, 6) is 1.58. The SMILES string of the molecule is CC(C)(C)C1CCC2(CC1)CN=C(N)N2Cc1cccs1. The summed E-state index contributed by atoms with van der Waals surface area (Å²) in [7, 11) is 0. The lowest BCUT2D eigenvalue weighted by Crippen LogP contribution is -2.53. The average Bonchev–Trinajstić information content (AvgIpc) is 3.03. The molecule has 2 aliphatic rings. The van der Waals surface area contributed by atoms with Crippen molar-refractivity contribution in [1.29, 1.82) is 0 Å². The van der Waals surface area contributed by atoms with Gasteiger partial charge in [-0.2, -0.15) is 0 Å². The number of hydrogen-bond donors (Lipinski definition) is 1. The molecule has 1 saturated carbocycles. The molecule has 1 aromatic heterocycles. The first-order chi connectivity index (χ1) is 9.91. The van der Waals surface area contributed by atoms with Crippen LogP contribution in [0.25, 0.3) is 0 Å². The van der Waals surface area contributed by atoms with Crippen molar-refractivity contribution >= 4 is 17.3 Å². The van der Waals surface area contributed by atoms with Crippen molar-refractivity contribution in [3.8, 4) is 0 Å². The summed E-state index contributed by atoms with van der Waals surface area (Å²) in [5.41, 5.74) is 6.81. The standard InChI is InChI=1S/C17H27N3S/c1-16(2,3)13-6-8-17(9-7-13)12-19-15(18)20(17)11-14-5-4-10-21-14/h4-5,10,13H,6-9,11-12H2,1-3H3,(H2,18,19). The molecule has 4 heteroatoms. The van der Waals surface area contributed by atoms with Gasteiger partial charge in [-0.1, -0.05) is 26.8 Å². The van der Waals surface area contributed by atoms with E-state index in [1.165, 1.54) is 30.6 Å². The Labute approximate surface area is 132 Å². The Balaban J connectivity index is 1.73. The Morgan fingerprint density at radius 1 is 1.38 bits per heavy atom. The van der Waals surface area contributed by atoms with Crippen LogP contribution < -0.4 is 5.73 Å². The molecule has 2 heterocycles. The summed E-state index contributed by atoms with van der Waals surface area (Å²) in [4.78, 5) is 8.36. The highest BCUT2D eigenvalue weighted by Gasteiger charge is 2.46. The van der Waals surface area contributed by atoms with Crippen LogP contribution in [0.1, 0.15) is 51.3 Å². The molecule has 3 nitrogen and oxygen atoms in total. The van der Waals surface area contributed by atoms with Crippen molar-refractivity contribution in [2.45, 2.75) is 58.5 Å². The molecule has 0 saturated heterocycles. The van der Waals surface area contributed by atoms with Gasteiger partial charge in [0.2, 0.25) is 0 Å². The van der Waals surface area contributed by atoms with Gasteiger partial charge in [-0.25, -0.2) is 0 Å². The normalized spacial score (nSPS) is 30.0. The summed E-state index contributed by atoms with van der Waals surface area (Å²) in [6, 6.07) is 4.32. The summed E-state index contributed by atoms with van der Waals surface area (Å²) in [5, 5.41) is 2.14. The maximum atomic E-state index is 6.20. The van der Waals surface area contributed by atoms with Crippen LogP contribution >= 0.6 is 11.3 Å². The number of rotatable bonds is 2. The van der Waals surface area contributed by atoms with Crippen LogP contribution in [0.15, 0.2) is 22.5 Å². The largest absolute Gasteiger partial charge is 0.370 e. The summed E-state index contributed by atoms with van der Waals surface area (Å²) in [6.45, 7) is 8.93. The molecule has 1 spiro atoms. The van der Waals surface area contributed by atoms with Crippen molar-refractivity contribution in [3.05, 3.63) is 22.4 Å². The van der Waals surface area contributed by atoms with Gasteiger partial charge in [0.25, 0.3) is 0 Å². The summed E-state index contributed by atoms with van der Waals surface area (Å²) < 4.78 is 0. The first-order valence-electron chi connectivity index (χ1n) is 8.01. The number of hydrogen-bond acceptors (Lipinski definition) is 4. The molecule has 1 aliphatic carbocycles. The molecule has 0 radical (unpaired) electrons. The van der Waals surface area contributed by atoms with E-state index in [0.717, 1.165) is 25.0 Å². The van der Waals surface area contributed by atoms with Gasteiger partial charge >= 0.3 is 0 Å². The van der Waals surface area contributed by atoms with E-state index in [-0.39, 0.29) is 5.54 Å². The molecule has 0 atom stereocenters. The van der Waals surface area contributed by atoms with E-state index >= 15 is 0 Å². The third-order valence-corrected chi connectivity index (χ3v) is 6.28. The molecule has 1 fully saturated rings. The second-order valence-electron chi connectivity index (χ2n) is 7.70. The van der Waals surface area contributed by atoms with Crippen molar-refractivity contribution in [1.82, 2.24) is 4.90 Å². The summed E-state index contributed by atoms with van der Waals surface area (Å²) in [6.07, 6.45) is 5.05. The Morgan fingerprint density at radius 3 is 2.67 bits per heavy atom. The van der Waals surface area contributed by atoms with E-state index in [4.69, 9.17) is 5.73 Å². The minimum absolute atomic E-state index is 0.190. The molecule has 2 N–H and O–H groups in total. The third-order valence-electron chi connectivity index (χ3n) is 5.42. The Kier molecular flexibility index (Phi) is 3.76. The monoisotopic (exact) mass is 305 g/mol. The van der Waals surface area contributed by atoms with E-state index < -0.39 is 0 Å². The van der Waals surface area contributed by atoms with Crippen LogP contribution in [0.3, 0.4) is 0 Å². The third kappa shape index (κ3) is 2.83. The van der Waals surface area contributed by atoms with Gasteiger partial charge in [-0.15, -0.1) is 11.3 Å². The minimum atomic E-state index is 0.190. The predicted octanol–water partition coefficient (Wildman–Crippen LogP) is 3.85. The van der Waals surface area contributed by atoms with Gasteiger partial charge in [-0.05, 0) is 48.5 Å². The second kappa shape index (κ2) is 5.31. The molecule has 0 unspecified atom stereocenters. The number of aliphatic imine (C=N–C) groups is 1. The van der Waals surface area contributed by atoms with Gasteiger partial charge in [0.05, 0.1) is 18.6 Å². The smallest absolute Gasteiger partial charge is 0.192 e. The Morgan fingerprint density at radius 2 is 2.10 bits per heavy atom. The van der Waals surface area contributed by atoms with Crippen LogP contribution in [-0.2, 0) is 6.54 Å². The molecule has 21 heavy (non-hydrogen) atoms. The van der Waals surface area contributed by atoms with Crippen molar-refractivity contribution in [2.24, 2.45) is 22.1 Å². The molecule has 1 aliphatic heterocycles. The fraction of sp³-hybridized carbons (Fsp3) is 0.706. The molecular weight excluding hydrogens is 278 g/mol. The van der Waals surface area contributed by atoms with Crippen molar-refractivity contribution < 1.29 is 0 Å². The first-order valence-corrected chi connectivity index (χ1v) is 8.89. The van der Waals surface area contributed by atoms with Crippen molar-refractivity contribution in [2.75, 3.05) is 6.54 Å². The topological polar surface area (TPSA) is 41.6 Å². The highest BCUT2D eigenvalue weighted by Crippen LogP contribution is 2.45. The van der Waals surface area contributed by atoms with Crippen LogP contribution in [-0.4, -0.2) is 22.9 Å². The molecule has 0 amide bonds. The van der Waals surface area contributed by atoms with Crippen LogP contribution in [0.5, 0.6) is 0 Å². The Bertz CT molecular complexity index is 505. The number of nitrogens with zero attached hydrogens (tertiary/aromatic N) is 2. The molecular formula is C17H27N3S. The molecule has 3 rings (SSSR count). The molecule has 1 aromatic rings. The Hall–Kier alpha value is -1.03. The van der Waals surface area contributed by atoms with Gasteiger partial charge in [0, 0.05) is 4.88 Å². The zero-order valence-corrected chi connectivity index (χ0v) is 14.2. The van der Waals surface area contributed by atoms with Crippen molar-refractivity contribution in [3.63, 3.8) is 0 Å². The minimum Gasteiger partial charge on any atom is -0.370 e. The summed E-state index contributed by atoms with van der Waals surface area (Å²) >= 11 is 1.81. The maximum absolute atomic E-state index is 6.20. The van der Waals surface area contributed by atoms with E-state index in [2.05, 4.69) is 48.2 Å². The quantitative estimate of drug-likeness (QED) is 0.901. The van der Waals surface area contributed by atoms with E-state index in [9.17, 15) is 0 Å². The molecule has 0 bridgehead atoms. The zero-order valence-electron chi connectivity index (χ0n) is 13.4. The molecule has 0 aromatic carbocycles.